The van der Waals surface area contributed by atoms with Crippen LogP contribution in [-0.4, -0.2) is 35.1 Å². The predicted octanol–water partition coefficient (Wildman–Crippen LogP) is 2.68. The Morgan fingerprint density at radius 3 is 2.76 bits per heavy atom. The van der Waals surface area contributed by atoms with Gasteiger partial charge in [0, 0.05) is 24.4 Å². The third kappa shape index (κ3) is 4.76. The maximum atomic E-state index is 13.7. The largest absolute Gasteiger partial charge is 0.573 e. The zero-order valence-corrected chi connectivity index (χ0v) is 11.9. The van der Waals surface area contributed by atoms with E-state index < -0.39 is 23.5 Å². The van der Waals surface area contributed by atoms with Crippen LogP contribution in [0.2, 0.25) is 0 Å². The summed E-state index contributed by atoms with van der Waals surface area (Å²) in [6.07, 6.45) is -4.27. The van der Waals surface area contributed by atoms with Gasteiger partial charge in [0.05, 0.1) is 5.60 Å². The van der Waals surface area contributed by atoms with E-state index in [9.17, 15) is 22.7 Å². The van der Waals surface area contributed by atoms with E-state index in [1.807, 2.05) is 0 Å². The number of thioether (sulfide) groups is 1. The van der Waals surface area contributed by atoms with E-state index in [1.165, 1.54) is 0 Å². The van der Waals surface area contributed by atoms with Crippen LogP contribution in [0, 0.1) is 5.82 Å². The normalized spacial score (nSPS) is 22.5. The van der Waals surface area contributed by atoms with Gasteiger partial charge < -0.3 is 15.2 Å². The van der Waals surface area contributed by atoms with Crippen LogP contribution in [0.3, 0.4) is 0 Å². The van der Waals surface area contributed by atoms with Crippen LogP contribution in [0.5, 0.6) is 5.75 Å². The van der Waals surface area contributed by atoms with Crippen molar-refractivity contribution in [1.82, 2.24) is 5.32 Å². The van der Waals surface area contributed by atoms with Gasteiger partial charge in [0.1, 0.15) is 11.6 Å². The molecular formula is C13H15F4NO2S. The van der Waals surface area contributed by atoms with Crippen LogP contribution < -0.4 is 10.1 Å². The van der Waals surface area contributed by atoms with Crippen molar-refractivity contribution in [1.29, 1.82) is 0 Å². The van der Waals surface area contributed by atoms with Gasteiger partial charge in [-0.3, -0.25) is 0 Å². The summed E-state index contributed by atoms with van der Waals surface area (Å²) < 4.78 is 54.3. The quantitative estimate of drug-likeness (QED) is 0.817. The molecule has 3 nitrogen and oxygen atoms in total. The van der Waals surface area contributed by atoms with Crippen molar-refractivity contribution in [3.8, 4) is 5.75 Å². The zero-order valence-electron chi connectivity index (χ0n) is 11.0. The molecule has 0 saturated carbocycles. The molecule has 1 aliphatic rings. The fourth-order valence-corrected chi connectivity index (χ4v) is 3.38. The molecule has 0 spiro atoms. The number of rotatable bonds is 5. The lowest BCUT2D eigenvalue weighted by Gasteiger charge is -2.22. The molecule has 1 aliphatic heterocycles. The van der Waals surface area contributed by atoms with Crippen LogP contribution in [0.1, 0.15) is 12.0 Å². The lowest BCUT2D eigenvalue weighted by molar-refractivity contribution is -0.275. The van der Waals surface area contributed by atoms with E-state index in [1.54, 1.807) is 11.8 Å². The first-order valence-corrected chi connectivity index (χ1v) is 7.49. The highest BCUT2D eigenvalue weighted by Gasteiger charge is 2.33. The summed E-state index contributed by atoms with van der Waals surface area (Å²) in [6.45, 7) is 0.0465. The Kier molecular flexibility index (Phi) is 5.00. The molecule has 118 valence electrons. The summed E-state index contributed by atoms with van der Waals surface area (Å²) in [4.78, 5) is 0. The van der Waals surface area contributed by atoms with Crippen LogP contribution in [0.25, 0.3) is 0 Å². The van der Waals surface area contributed by atoms with Gasteiger partial charge >= 0.3 is 6.36 Å². The van der Waals surface area contributed by atoms with Gasteiger partial charge in [0.2, 0.25) is 0 Å². The fourth-order valence-electron chi connectivity index (χ4n) is 2.09. The fraction of sp³-hybridized carbons (Fsp3) is 0.538. The van der Waals surface area contributed by atoms with E-state index >= 15 is 0 Å². The standard InChI is InChI=1S/C13H15F4NO2S/c14-10-2-1-3-11(20-13(15,16)17)9(10)6-18-7-12(19)4-5-21-8-12/h1-3,18-19H,4-8H2/t12-/m0/s1. The Bertz CT molecular complexity index is 490. The monoisotopic (exact) mass is 325 g/mol. The zero-order chi connectivity index (χ0) is 15.5. The lowest BCUT2D eigenvalue weighted by Crippen LogP contribution is -2.40. The first-order valence-electron chi connectivity index (χ1n) is 6.33. The Morgan fingerprint density at radius 1 is 1.38 bits per heavy atom. The molecule has 2 rings (SSSR count). The second kappa shape index (κ2) is 6.41. The van der Waals surface area contributed by atoms with Crippen LogP contribution in [0.15, 0.2) is 18.2 Å². The molecule has 0 bridgehead atoms. The van der Waals surface area contributed by atoms with Crippen LogP contribution in [-0.2, 0) is 6.54 Å². The average Bonchev–Trinajstić information content (AvgIpc) is 2.78. The van der Waals surface area contributed by atoms with Gasteiger partial charge in [-0.25, -0.2) is 4.39 Å². The highest BCUT2D eigenvalue weighted by Crippen LogP contribution is 2.29. The van der Waals surface area contributed by atoms with Crippen molar-refractivity contribution in [3.63, 3.8) is 0 Å². The molecule has 1 aromatic carbocycles. The van der Waals surface area contributed by atoms with Crippen molar-refractivity contribution in [3.05, 3.63) is 29.6 Å². The third-order valence-electron chi connectivity index (χ3n) is 3.14. The van der Waals surface area contributed by atoms with Gasteiger partial charge in [-0.2, -0.15) is 11.8 Å². The number of hydrogen-bond donors (Lipinski definition) is 2. The molecule has 2 N–H and O–H groups in total. The topological polar surface area (TPSA) is 41.5 Å². The third-order valence-corrected chi connectivity index (χ3v) is 4.37. The van der Waals surface area contributed by atoms with E-state index in [0.717, 1.165) is 24.0 Å². The van der Waals surface area contributed by atoms with E-state index in [4.69, 9.17) is 0 Å². The summed E-state index contributed by atoms with van der Waals surface area (Å²) >= 11 is 1.60. The molecule has 8 heteroatoms. The number of nitrogens with one attached hydrogen (secondary N) is 1. The van der Waals surface area contributed by atoms with Crippen LogP contribution in [0.4, 0.5) is 17.6 Å². The van der Waals surface area contributed by atoms with E-state index in [-0.39, 0.29) is 18.7 Å². The number of alkyl halides is 3. The van der Waals surface area contributed by atoms with E-state index in [2.05, 4.69) is 10.1 Å². The SMILES string of the molecule is O[C@]1(CNCc2c(F)cccc2OC(F)(F)F)CCSC1. The van der Waals surface area contributed by atoms with Crippen molar-refractivity contribution in [2.75, 3.05) is 18.1 Å². The Labute approximate surface area is 123 Å². The molecular weight excluding hydrogens is 310 g/mol. The molecule has 0 unspecified atom stereocenters. The number of hydrogen-bond acceptors (Lipinski definition) is 4. The second-order valence-electron chi connectivity index (χ2n) is 4.89. The van der Waals surface area contributed by atoms with Gasteiger partial charge in [0.15, 0.2) is 0 Å². The smallest absolute Gasteiger partial charge is 0.405 e. The second-order valence-corrected chi connectivity index (χ2v) is 6.00. The van der Waals surface area contributed by atoms with Gasteiger partial charge in [-0.15, -0.1) is 13.2 Å². The molecule has 21 heavy (non-hydrogen) atoms. The molecule has 0 aliphatic carbocycles. The van der Waals surface area contributed by atoms with Crippen molar-refractivity contribution < 1.29 is 27.4 Å². The Morgan fingerprint density at radius 2 is 2.14 bits per heavy atom. The minimum absolute atomic E-state index is 0.148. The first-order chi connectivity index (χ1) is 9.79. The van der Waals surface area contributed by atoms with Crippen molar-refractivity contribution >= 4 is 11.8 Å². The molecule has 0 radical (unpaired) electrons. The molecule has 1 heterocycles. The van der Waals surface area contributed by atoms with Gasteiger partial charge in [-0.1, -0.05) is 6.07 Å². The van der Waals surface area contributed by atoms with Gasteiger partial charge in [0.25, 0.3) is 0 Å². The predicted molar refractivity (Wildman–Crippen MR) is 71.7 cm³/mol. The molecule has 1 aromatic rings. The Hall–Kier alpha value is -0.990. The molecule has 1 fully saturated rings. The Balaban J connectivity index is 2.01. The number of aliphatic hydroxyl groups is 1. The number of ether oxygens (including phenoxy) is 1. The molecule has 1 saturated heterocycles. The summed E-state index contributed by atoms with van der Waals surface area (Å²) in [5.41, 5.74) is -1.09. The highest BCUT2D eigenvalue weighted by atomic mass is 32.2. The van der Waals surface area contributed by atoms with Crippen LogP contribution >= 0.6 is 11.8 Å². The summed E-state index contributed by atoms with van der Waals surface area (Å²) in [6, 6.07) is 3.29. The molecule has 0 aromatic heterocycles. The molecule has 1 atom stereocenters. The highest BCUT2D eigenvalue weighted by molar-refractivity contribution is 7.99. The molecule has 0 amide bonds. The first kappa shape index (κ1) is 16.4. The average molecular weight is 325 g/mol. The van der Waals surface area contributed by atoms with Gasteiger partial charge in [-0.05, 0) is 24.3 Å². The van der Waals surface area contributed by atoms with Crippen molar-refractivity contribution in [2.45, 2.75) is 24.9 Å². The minimum Gasteiger partial charge on any atom is -0.405 e. The number of benzene rings is 1. The van der Waals surface area contributed by atoms with Crippen molar-refractivity contribution in [2.24, 2.45) is 0 Å². The maximum absolute atomic E-state index is 13.7. The maximum Gasteiger partial charge on any atom is 0.573 e. The lowest BCUT2D eigenvalue weighted by atomic mass is 10.0. The summed E-state index contributed by atoms with van der Waals surface area (Å²) in [7, 11) is 0. The summed E-state index contributed by atoms with van der Waals surface area (Å²) in [5, 5.41) is 12.9. The summed E-state index contributed by atoms with van der Waals surface area (Å²) in [5.74, 6) is 0.0450. The number of halogens is 4. The minimum atomic E-state index is -4.87. The van der Waals surface area contributed by atoms with E-state index in [0.29, 0.717) is 12.2 Å².